The van der Waals surface area contributed by atoms with Crippen LogP contribution in [0, 0.1) is 0 Å². The Bertz CT molecular complexity index is 359. The predicted octanol–water partition coefficient (Wildman–Crippen LogP) is 4.10. The Morgan fingerprint density at radius 1 is 1.21 bits per heavy atom. The molecule has 0 aromatic carbocycles. The van der Waals surface area contributed by atoms with Crippen LogP contribution in [0.5, 0.6) is 5.88 Å². The van der Waals surface area contributed by atoms with E-state index >= 15 is 0 Å². The summed E-state index contributed by atoms with van der Waals surface area (Å²) in [6, 6.07) is 1.93. The van der Waals surface area contributed by atoms with E-state index in [2.05, 4.69) is 54.8 Å². The topological polar surface area (TPSA) is 34.1 Å². The molecule has 110 valence electrons. The molecule has 7 heteroatoms. The van der Waals surface area contributed by atoms with Crippen molar-refractivity contribution in [3.05, 3.63) is 21.2 Å². The molecule has 0 fully saturated rings. The van der Waals surface area contributed by atoms with Crippen molar-refractivity contribution in [3.63, 3.8) is 0 Å². The van der Waals surface area contributed by atoms with Crippen LogP contribution in [-0.2, 0) is 0 Å². The molecule has 0 bridgehead atoms. The van der Waals surface area contributed by atoms with Crippen LogP contribution in [0.25, 0.3) is 0 Å². The number of nitrogens with one attached hydrogen (secondary N) is 1. The summed E-state index contributed by atoms with van der Waals surface area (Å²) in [6.07, 6.45) is 5.12. The Kier molecular flexibility index (Phi) is 12.6. The molecule has 0 atom stereocenters. The minimum Gasteiger partial charge on any atom is -0.477 e. The van der Waals surface area contributed by atoms with E-state index in [-0.39, 0.29) is 12.4 Å². The lowest BCUT2D eigenvalue weighted by atomic mass is 10.2. The first kappa shape index (κ1) is 19.5. The molecule has 0 aliphatic rings. The molecule has 3 nitrogen and oxygen atoms in total. The van der Waals surface area contributed by atoms with Crippen molar-refractivity contribution >= 4 is 56.9 Å². The summed E-state index contributed by atoms with van der Waals surface area (Å²) in [5.74, 6) is 1.55. The molecule has 1 rings (SSSR count). The molecule has 0 spiro atoms. The van der Waals surface area contributed by atoms with Gasteiger partial charge in [-0.05, 0) is 63.7 Å². The predicted molar refractivity (Wildman–Crippen MR) is 93.0 cm³/mol. The van der Waals surface area contributed by atoms with Gasteiger partial charge in [0, 0.05) is 23.0 Å². The van der Waals surface area contributed by atoms with Crippen LogP contribution in [0.15, 0.2) is 21.2 Å². The quantitative estimate of drug-likeness (QED) is 0.454. The van der Waals surface area contributed by atoms with Crippen LogP contribution < -0.4 is 10.1 Å². The van der Waals surface area contributed by atoms with Gasteiger partial charge in [-0.25, -0.2) is 4.98 Å². The van der Waals surface area contributed by atoms with Crippen molar-refractivity contribution in [2.24, 2.45) is 0 Å². The van der Waals surface area contributed by atoms with Gasteiger partial charge >= 0.3 is 0 Å². The molecule has 0 amide bonds. The minimum absolute atomic E-state index is 0. The van der Waals surface area contributed by atoms with E-state index in [0.29, 0.717) is 12.5 Å². The number of hydrogen-bond acceptors (Lipinski definition) is 4. The van der Waals surface area contributed by atoms with Crippen LogP contribution in [0.3, 0.4) is 0 Å². The highest BCUT2D eigenvalue weighted by Gasteiger charge is 2.02. The van der Waals surface area contributed by atoms with Crippen LogP contribution in [0.4, 0.5) is 0 Å². The number of thiol groups is 1. The van der Waals surface area contributed by atoms with Gasteiger partial charge in [0.05, 0.1) is 11.1 Å². The van der Waals surface area contributed by atoms with E-state index in [9.17, 15) is 0 Å². The van der Waals surface area contributed by atoms with Gasteiger partial charge < -0.3 is 10.1 Å². The van der Waals surface area contributed by atoms with Crippen molar-refractivity contribution in [1.29, 1.82) is 0 Å². The van der Waals surface area contributed by atoms with E-state index in [1.54, 1.807) is 6.20 Å². The van der Waals surface area contributed by atoms with Crippen molar-refractivity contribution in [2.75, 3.05) is 25.4 Å². The molecule has 0 aliphatic carbocycles. The molecule has 1 heterocycles. The second-order valence-electron chi connectivity index (χ2n) is 3.82. The van der Waals surface area contributed by atoms with Crippen LogP contribution in [0.2, 0.25) is 0 Å². The number of pyridine rings is 1. The summed E-state index contributed by atoms with van der Waals surface area (Å²) < 4.78 is 7.43. The zero-order valence-corrected chi connectivity index (χ0v) is 15.5. The van der Waals surface area contributed by atoms with Gasteiger partial charge in [0.15, 0.2) is 0 Å². The third-order valence-corrected chi connectivity index (χ3v) is 3.52. The molecule has 1 aromatic rings. The third kappa shape index (κ3) is 9.13. The van der Waals surface area contributed by atoms with Crippen molar-refractivity contribution in [2.45, 2.75) is 19.3 Å². The largest absolute Gasteiger partial charge is 0.477 e. The molecule has 0 aliphatic heterocycles. The molecular formula is C12H19Br2ClN2OS. The third-order valence-electron chi connectivity index (χ3n) is 2.30. The molecule has 19 heavy (non-hydrogen) atoms. The summed E-state index contributed by atoms with van der Waals surface area (Å²) in [4.78, 5) is 4.20. The Morgan fingerprint density at radius 2 is 2.00 bits per heavy atom. The van der Waals surface area contributed by atoms with E-state index in [0.717, 1.165) is 40.6 Å². The molecule has 1 N–H and O–H groups in total. The highest BCUT2D eigenvalue weighted by atomic mass is 79.9. The van der Waals surface area contributed by atoms with Crippen LogP contribution in [-0.4, -0.2) is 30.4 Å². The number of ether oxygens (including phenoxy) is 1. The maximum atomic E-state index is 5.61. The number of unbranched alkanes of at least 4 members (excludes halogenated alkanes) is 2. The van der Waals surface area contributed by atoms with Crippen molar-refractivity contribution in [3.8, 4) is 5.88 Å². The first-order valence-electron chi connectivity index (χ1n) is 5.99. The molecule has 0 saturated carbocycles. The Labute approximate surface area is 143 Å². The zero-order chi connectivity index (χ0) is 13.2. The fourth-order valence-corrected chi connectivity index (χ4v) is 2.67. The maximum absolute atomic E-state index is 5.61. The summed E-state index contributed by atoms with van der Waals surface area (Å²) in [7, 11) is 0. The number of hydrogen-bond donors (Lipinski definition) is 2. The highest BCUT2D eigenvalue weighted by Crippen LogP contribution is 2.25. The second kappa shape index (κ2) is 12.3. The lowest BCUT2D eigenvalue weighted by Crippen LogP contribution is -2.17. The van der Waals surface area contributed by atoms with Gasteiger partial charge in [-0.15, -0.1) is 12.4 Å². The molecule has 0 saturated heterocycles. The molecule has 1 aromatic heterocycles. The average Bonchev–Trinajstić information content (AvgIpc) is 2.35. The standard InChI is InChI=1S/C12H18Br2N2OS.ClH/c13-10-8-11(14)12(16-9-10)17-6-3-1-2-4-15-5-7-18;/h8-9,15,18H,1-7H2;1H. The van der Waals surface area contributed by atoms with E-state index < -0.39 is 0 Å². The minimum atomic E-state index is 0. The van der Waals surface area contributed by atoms with E-state index in [1.165, 1.54) is 6.42 Å². The van der Waals surface area contributed by atoms with Crippen molar-refractivity contribution in [1.82, 2.24) is 10.3 Å². The van der Waals surface area contributed by atoms with Gasteiger partial charge in [0.2, 0.25) is 5.88 Å². The first-order chi connectivity index (χ1) is 8.74. The SMILES string of the molecule is Cl.SCCNCCCCCOc1ncc(Br)cc1Br. The Balaban J connectivity index is 0.00000324. The number of rotatable bonds is 9. The Morgan fingerprint density at radius 3 is 2.68 bits per heavy atom. The molecule has 0 radical (unpaired) electrons. The second-order valence-corrected chi connectivity index (χ2v) is 6.04. The smallest absolute Gasteiger partial charge is 0.228 e. The van der Waals surface area contributed by atoms with Gasteiger partial charge in [-0.3, -0.25) is 0 Å². The first-order valence-corrected chi connectivity index (χ1v) is 8.21. The van der Waals surface area contributed by atoms with Crippen molar-refractivity contribution < 1.29 is 4.74 Å². The van der Waals surface area contributed by atoms with Gasteiger partial charge in [-0.2, -0.15) is 12.6 Å². The number of aromatic nitrogens is 1. The number of nitrogens with zero attached hydrogens (tertiary/aromatic N) is 1. The molecular weight excluding hydrogens is 415 g/mol. The summed E-state index contributed by atoms with van der Waals surface area (Å²) >= 11 is 10.9. The Hall–Kier alpha value is 0.510. The van der Waals surface area contributed by atoms with Gasteiger partial charge in [-0.1, -0.05) is 0 Å². The fourth-order valence-electron chi connectivity index (χ4n) is 1.41. The maximum Gasteiger partial charge on any atom is 0.228 e. The van der Waals surface area contributed by atoms with E-state index in [1.807, 2.05) is 6.07 Å². The van der Waals surface area contributed by atoms with Crippen LogP contribution >= 0.6 is 56.9 Å². The normalized spacial score (nSPS) is 10.1. The van der Waals surface area contributed by atoms with Crippen LogP contribution in [0.1, 0.15) is 19.3 Å². The van der Waals surface area contributed by atoms with Gasteiger partial charge in [0.25, 0.3) is 0 Å². The fraction of sp³-hybridized carbons (Fsp3) is 0.583. The number of halogens is 3. The monoisotopic (exact) mass is 432 g/mol. The summed E-state index contributed by atoms with van der Waals surface area (Å²) in [5.41, 5.74) is 0. The summed E-state index contributed by atoms with van der Waals surface area (Å²) in [6.45, 7) is 2.75. The zero-order valence-electron chi connectivity index (χ0n) is 10.6. The molecule has 0 unspecified atom stereocenters. The lowest BCUT2D eigenvalue weighted by molar-refractivity contribution is 0.292. The highest BCUT2D eigenvalue weighted by molar-refractivity contribution is 9.11. The van der Waals surface area contributed by atoms with E-state index in [4.69, 9.17) is 4.74 Å². The van der Waals surface area contributed by atoms with Gasteiger partial charge in [0.1, 0.15) is 0 Å². The average molecular weight is 435 g/mol. The lowest BCUT2D eigenvalue weighted by Gasteiger charge is -2.07. The summed E-state index contributed by atoms with van der Waals surface area (Å²) in [5, 5.41) is 3.32.